The van der Waals surface area contributed by atoms with E-state index in [0.717, 1.165) is 0 Å². The van der Waals surface area contributed by atoms with Gasteiger partial charge in [-0.15, -0.1) is 0 Å². The minimum atomic E-state index is -1.02. The van der Waals surface area contributed by atoms with Crippen molar-refractivity contribution in [3.05, 3.63) is 66.1 Å². The van der Waals surface area contributed by atoms with Gasteiger partial charge in [0.15, 0.2) is 0 Å². The lowest BCUT2D eigenvalue weighted by Gasteiger charge is -2.10. The third-order valence-electron chi connectivity index (χ3n) is 3.13. The number of aromatic nitrogens is 1. The van der Waals surface area contributed by atoms with Crippen LogP contribution in [0.3, 0.4) is 0 Å². The molecule has 2 N–H and O–H groups in total. The van der Waals surface area contributed by atoms with Gasteiger partial charge in [0, 0.05) is 22.7 Å². The first-order chi connectivity index (χ1) is 10.1. The van der Waals surface area contributed by atoms with Crippen molar-refractivity contribution in [3.8, 4) is 0 Å². The van der Waals surface area contributed by atoms with Crippen LogP contribution in [-0.4, -0.2) is 16.1 Å². The maximum atomic E-state index is 12.9. The Labute approximate surface area is 119 Å². The van der Waals surface area contributed by atoms with Crippen LogP contribution >= 0.6 is 0 Å². The fourth-order valence-electron chi connectivity index (χ4n) is 2.13. The number of carboxylic acids is 1. The zero-order chi connectivity index (χ0) is 14.8. The molecule has 0 saturated carbocycles. The van der Waals surface area contributed by atoms with Gasteiger partial charge in [-0.2, -0.15) is 0 Å². The van der Waals surface area contributed by atoms with E-state index in [9.17, 15) is 14.3 Å². The van der Waals surface area contributed by atoms with Crippen LogP contribution in [0, 0.1) is 5.82 Å². The van der Waals surface area contributed by atoms with Gasteiger partial charge < -0.3 is 10.4 Å². The van der Waals surface area contributed by atoms with Crippen molar-refractivity contribution < 1.29 is 14.3 Å². The minimum absolute atomic E-state index is 0.148. The quantitative estimate of drug-likeness (QED) is 0.766. The maximum Gasteiger partial charge on any atom is 0.337 e. The van der Waals surface area contributed by atoms with Crippen molar-refractivity contribution in [2.75, 3.05) is 5.32 Å². The summed E-state index contributed by atoms with van der Waals surface area (Å²) >= 11 is 0. The summed E-state index contributed by atoms with van der Waals surface area (Å²) in [6.07, 6.45) is 1.32. The number of rotatable bonds is 3. The topological polar surface area (TPSA) is 62.2 Å². The second kappa shape index (κ2) is 5.20. The number of benzene rings is 2. The first-order valence-corrected chi connectivity index (χ1v) is 6.29. The van der Waals surface area contributed by atoms with Crippen LogP contribution in [0.15, 0.2) is 54.7 Å². The summed E-state index contributed by atoms with van der Waals surface area (Å²) in [5.74, 6) is -0.811. The Bertz CT molecular complexity index is 816. The van der Waals surface area contributed by atoms with Gasteiger partial charge in [-0.3, -0.25) is 0 Å². The highest BCUT2D eigenvalue weighted by atomic mass is 19.1. The van der Waals surface area contributed by atoms with E-state index in [0.29, 0.717) is 22.3 Å². The zero-order valence-electron chi connectivity index (χ0n) is 10.9. The second-order valence-electron chi connectivity index (χ2n) is 4.50. The van der Waals surface area contributed by atoms with Gasteiger partial charge in [-0.05, 0) is 24.3 Å². The van der Waals surface area contributed by atoms with Crippen LogP contribution in [-0.2, 0) is 0 Å². The van der Waals surface area contributed by atoms with Crippen LogP contribution in [0.25, 0.3) is 10.8 Å². The predicted molar refractivity (Wildman–Crippen MR) is 78.4 cm³/mol. The lowest BCUT2D eigenvalue weighted by atomic mass is 10.1. The number of nitrogens with zero attached hydrogens (tertiary/aromatic N) is 1. The van der Waals surface area contributed by atoms with E-state index in [1.807, 2.05) is 6.07 Å². The number of carbonyl (C=O) groups is 1. The van der Waals surface area contributed by atoms with E-state index < -0.39 is 5.97 Å². The number of pyridine rings is 1. The molecule has 4 nitrogen and oxygen atoms in total. The van der Waals surface area contributed by atoms with E-state index in [1.54, 1.807) is 30.3 Å². The average molecular weight is 282 g/mol. The summed E-state index contributed by atoms with van der Waals surface area (Å²) in [7, 11) is 0. The molecule has 3 aromatic rings. The first-order valence-electron chi connectivity index (χ1n) is 6.29. The lowest BCUT2D eigenvalue weighted by molar-refractivity contribution is 0.0698. The van der Waals surface area contributed by atoms with Crippen molar-refractivity contribution in [3.63, 3.8) is 0 Å². The number of hydrogen-bond donors (Lipinski definition) is 2. The molecule has 0 spiro atoms. The summed E-state index contributed by atoms with van der Waals surface area (Å²) < 4.78 is 12.9. The summed E-state index contributed by atoms with van der Waals surface area (Å²) in [5, 5.41) is 13.6. The molecule has 0 bridgehead atoms. The van der Waals surface area contributed by atoms with Gasteiger partial charge in [0.05, 0.1) is 5.56 Å². The van der Waals surface area contributed by atoms with Crippen molar-refractivity contribution in [1.82, 2.24) is 4.98 Å². The van der Waals surface area contributed by atoms with Gasteiger partial charge in [0.25, 0.3) is 0 Å². The predicted octanol–water partition coefficient (Wildman–Crippen LogP) is 3.82. The molecular formula is C16H11FN2O2. The number of anilines is 2. The fraction of sp³-hybridized carbons (Fsp3) is 0. The van der Waals surface area contributed by atoms with Crippen molar-refractivity contribution in [1.29, 1.82) is 0 Å². The molecule has 0 unspecified atom stereocenters. The molecule has 0 saturated heterocycles. The standard InChI is InChI=1S/C16H11FN2O2/c17-10-5-7-11(8-6-10)19-15-13-4-2-1-3-12(13)14(9-18-15)16(20)21/h1-9H,(H,18,19)(H,20,21). The summed E-state index contributed by atoms with van der Waals surface area (Å²) in [4.78, 5) is 15.4. The number of nitrogens with one attached hydrogen (secondary N) is 1. The van der Waals surface area contributed by atoms with Gasteiger partial charge in [-0.1, -0.05) is 24.3 Å². The van der Waals surface area contributed by atoms with Crippen LogP contribution in [0.1, 0.15) is 10.4 Å². The van der Waals surface area contributed by atoms with E-state index >= 15 is 0 Å². The maximum absolute atomic E-state index is 12.9. The third kappa shape index (κ3) is 2.53. The molecule has 0 aliphatic rings. The molecule has 2 aromatic carbocycles. The fourth-order valence-corrected chi connectivity index (χ4v) is 2.13. The van der Waals surface area contributed by atoms with E-state index in [1.165, 1.54) is 18.3 Å². The molecule has 0 atom stereocenters. The number of hydrogen-bond acceptors (Lipinski definition) is 3. The molecule has 104 valence electrons. The molecule has 1 aromatic heterocycles. The molecule has 1 heterocycles. The van der Waals surface area contributed by atoms with Crippen LogP contribution in [0.5, 0.6) is 0 Å². The van der Waals surface area contributed by atoms with Gasteiger partial charge in [0.1, 0.15) is 11.6 Å². The Balaban J connectivity index is 2.09. The van der Waals surface area contributed by atoms with Gasteiger partial charge >= 0.3 is 5.97 Å². The van der Waals surface area contributed by atoms with Crippen molar-refractivity contribution in [2.24, 2.45) is 0 Å². The Hall–Kier alpha value is -2.95. The number of aromatic carboxylic acids is 1. The normalized spacial score (nSPS) is 10.5. The summed E-state index contributed by atoms with van der Waals surface area (Å²) in [5.41, 5.74) is 0.826. The Kier molecular flexibility index (Phi) is 3.23. The molecule has 0 radical (unpaired) electrons. The van der Waals surface area contributed by atoms with Crippen molar-refractivity contribution >= 4 is 28.2 Å². The van der Waals surface area contributed by atoms with E-state index in [2.05, 4.69) is 10.3 Å². The first kappa shape index (κ1) is 13.1. The highest BCUT2D eigenvalue weighted by molar-refractivity contribution is 6.06. The van der Waals surface area contributed by atoms with E-state index in [-0.39, 0.29) is 11.4 Å². The highest BCUT2D eigenvalue weighted by Gasteiger charge is 2.12. The molecular weight excluding hydrogens is 271 g/mol. The third-order valence-corrected chi connectivity index (χ3v) is 3.13. The van der Waals surface area contributed by atoms with E-state index in [4.69, 9.17) is 0 Å². The molecule has 0 amide bonds. The minimum Gasteiger partial charge on any atom is -0.478 e. The van der Waals surface area contributed by atoms with Crippen LogP contribution < -0.4 is 5.32 Å². The summed E-state index contributed by atoms with van der Waals surface area (Å²) in [6, 6.07) is 13.0. The Morgan fingerprint density at radius 2 is 1.71 bits per heavy atom. The molecule has 21 heavy (non-hydrogen) atoms. The van der Waals surface area contributed by atoms with Crippen molar-refractivity contribution in [2.45, 2.75) is 0 Å². The SMILES string of the molecule is O=C(O)c1cnc(Nc2ccc(F)cc2)c2ccccc12. The molecule has 0 aliphatic heterocycles. The molecule has 5 heteroatoms. The molecule has 0 fully saturated rings. The Morgan fingerprint density at radius 1 is 1.05 bits per heavy atom. The number of fused-ring (bicyclic) bond motifs is 1. The van der Waals surface area contributed by atoms with Gasteiger partial charge in [0.2, 0.25) is 0 Å². The second-order valence-corrected chi connectivity index (χ2v) is 4.50. The molecule has 3 rings (SSSR count). The van der Waals surface area contributed by atoms with Crippen LogP contribution in [0.2, 0.25) is 0 Å². The highest BCUT2D eigenvalue weighted by Crippen LogP contribution is 2.26. The number of halogens is 1. The largest absolute Gasteiger partial charge is 0.478 e. The monoisotopic (exact) mass is 282 g/mol. The smallest absolute Gasteiger partial charge is 0.337 e. The average Bonchev–Trinajstić information content (AvgIpc) is 2.49. The number of carboxylic acid groups (broad SMARTS) is 1. The molecule has 0 aliphatic carbocycles. The summed E-state index contributed by atoms with van der Waals surface area (Å²) in [6.45, 7) is 0. The Morgan fingerprint density at radius 3 is 2.38 bits per heavy atom. The lowest BCUT2D eigenvalue weighted by Crippen LogP contribution is -2.02. The zero-order valence-corrected chi connectivity index (χ0v) is 10.9. The van der Waals surface area contributed by atoms with Crippen LogP contribution in [0.4, 0.5) is 15.9 Å². The van der Waals surface area contributed by atoms with Gasteiger partial charge in [-0.25, -0.2) is 14.2 Å².